The summed E-state index contributed by atoms with van der Waals surface area (Å²) in [6, 6.07) is 7.92. The topological polar surface area (TPSA) is 71.5 Å². The Hall–Kier alpha value is -2.52. The van der Waals surface area contributed by atoms with Gasteiger partial charge in [0.25, 0.3) is 0 Å². The van der Waals surface area contributed by atoms with E-state index in [9.17, 15) is 0 Å². The lowest BCUT2D eigenvalue weighted by atomic mass is 9.99. The predicted octanol–water partition coefficient (Wildman–Crippen LogP) is 3.40. The van der Waals surface area contributed by atoms with Crippen LogP contribution in [0, 0.1) is 24.2 Å². The zero-order chi connectivity index (χ0) is 17.8. The van der Waals surface area contributed by atoms with E-state index in [1.807, 2.05) is 25.1 Å². The highest BCUT2D eigenvalue weighted by molar-refractivity contribution is 5.65. The van der Waals surface area contributed by atoms with E-state index >= 15 is 0 Å². The van der Waals surface area contributed by atoms with Crippen LogP contribution in [0.25, 0.3) is 11.5 Å². The van der Waals surface area contributed by atoms with Crippen LogP contribution in [-0.4, -0.2) is 37.2 Å². The second-order valence-electron chi connectivity index (χ2n) is 6.29. The summed E-state index contributed by atoms with van der Waals surface area (Å²) in [4.78, 5) is 6.95. The van der Waals surface area contributed by atoms with E-state index in [1.165, 1.54) is 0 Å². The molecule has 3 rings (SSSR count). The molecule has 0 spiro atoms. The van der Waals surface area contributed by atoms with E-state index in [2.05, 4.69) is 16.0 Å². The lowest BCUT2D eigenvalue weighted by Crippen LogP contribution is -2.34. The first-order chi connectivity index (χ1) is 12.1. The van der Waals surface area contributed by atoms with Gasteiger partial charge >= 0.3 is 0 Å². The third-order valence-corrected chi connectivity index (χ3v) is 4.59. The highest BCUT2D eigenvalue weighted by atomic mass is 16.5. The summed E-state index contributed by atoms with van der Waals surface area (Å²) in [5, 5.41) is 9.15. The van der Waals surface area contributed by atoms with Crippen LogP contribution in [0.4, 0.5) is 0 Å². The molecule has 2 heterocycles. The Kier molecular flexibility index (Phi) is 5.25. The Balaban J connectivity index is 1.84. The molecule has 1 fully saturated rings. The molecule has 0 aliphatic carbocycles. The SMILES string of the molecule is COc1ccc(OC)c(-c2nc(CN3CCC[C@H](C#N)C3)c(C)o2)c1. The number of hydrogen-bond donors (Lipinski definition) is 0. The average Bonchev–Trinajstić information content (AvgIpc) is 3.01. The molecule has 0 amide bonds. The molecule has 1 aliphatic heterocycles. The van der Waals surface area contributed by atoms with E-state index < -0.39 is 0 Å². The number of nitriles is 1. The third-order valence-electron chi connectivity index (χ3n) is 4.59. The fourth-order valence-corrected chi connectivity index (χ4v) is 3.19. The van der Waals surface area contributed by atoms with Gasteiger partial charge in [-0.3, -0.25) is 4.90 Å². The molecular weight excluding hydrogens is 318 g/mol. The van der Waals surface area contributed by atoms with Crippen LogP contribution >= 0.6 is 0 Å². The molecular formula is C19H23N3O3. The highest BCUT2D eigenvalue weighted by Gasteiger charge is 2.22. The van der Waals surface area contributed by atoms with Gasteiger partial charge in [-0.05, 0) is 44.5 Å². The zero-order valence-electron chi connectivity index (χ0n) is 14.9. The molecule has 1 atom stereocenters. The number of piperidine rings is 1. The Morgan fingerprint density at radius 2 is 2.20 bits per heavy atom. The smallest absolute Gasteiger partial charge is 0.230 e. The van der Waals surface area contributed by atoms with Crippen molar-refractivity contribution in [2.45, 2.75) is 26.3 Å². The molecule has 6 heteroatoms. The van der Waals surface area contributed by atoms with Crippen LogP contribution in [0.2, 0.25) is 0 Å². The summed E-state index contributed by atoms with van der Waals surface area (Å²) in [6.45, 7) is 4.40. The summed E-state index contributed by atoms with van der Waals surface area (Å²) < 4.78 is 16.6. The Morgan fingerprint density at radius 3 is 2.92 bits per heavy atom. The number of rotatable bonds is 5. The van der Waals surface area contributed by atoms with Gasteiger partial charge in [0.2, 0.25) is 5.89 Å². The Bertz CT molecular complexity index is 779. The molecule has 0 N–H and O–H groups in total. The van der Waals surface area contributed by atoms with Crippen LogP contribution in [0.1, 0.15) is 24.3 Å². The molecule has 2 aromatic rings. The first kappa shape index (κ1) is 17.3. The van der Waals surface area contributed by atoms with Crippen molar-refractivity contribution in [1.29, 1.82) is 5.26 Å². The minimum atomic E-state index is 0.110. The maximum atomic E-state index is 9.15. The van der Waals surface area contributed by atoms with E-state index in [1.54, 1.807) is 14.2 Å². The summed E-state index contributed by atoms with van der Waals surface area (Å²) in [5.41, 5.74) is 1.67. The highest BCUT2D eigenvalue weighted by Crippen LogP contribution is 2.34. The normalized spacial score (nSPS) is 17.9. The van der Waals surface area contributed by atoms with E-state index in [0.717, 1.165) is 48.7 Å². The Morgan fingerprint density at radius 1 is 1.36 bits per heavy atom. The lowest BCUT2D eigenvalue weighted by Gasteiger charge is -2.28. The number of nitrogens with zero attached hydrogens (tertiary/aromatic N) is 3. The number of likely N-dealkylation sites (tertiary alicyclic amines) is 1. The van der Waals surface area contributed by atoms with Gasteiger partial charge in [0, 0.05) is 13.1 Å². The second kappa shape index (κ2) is 7.58. The van der Waals surface area contributed by atoms with Gasteiger partial charge in [0.15, 0.2) is 0 Å². The van der Waals surface area contributed by atoms with Crippen LogP contribution in [0.5, 0.6) is 11.5 Å². The average molecular weight is 341 g/mol. The van der Waals surface area contributed by atoms with Crippen molar-refractivity contribution in [3.8, 4) is 29.0 Å². The van der Waals surface area contributed by atoms with Crippen LogP contribution in [-0.2, 0) is 6.54 Å². The van der Waals surface area contributed by atoms with Crippen molar-refractivity contribution in [2.75, 3.05) is 27.3 Å². The molecule has 1 aliphatic rings. The van der Waals surface area contributed by atoms with Gasteiger partial charge in [-0.25, -0.2) is 4.98 Å². The molecule has 0 bridgehead atoms. The number of methoxy groups -OCH3 is 2. The molecule has 0 unspecified atom stereocenters. The molecule has 0 radical (unpaired) electrons. The van der Waals surface area contributed by atoms with Crippen molar-refractivity contribution < 1.29 is 13.9 Å². The van der Waals surface area contributed by atoms with Crippen molar-refractivity contribution >= 4 is 0 Å². The summed E-state index contributed by atoms with van der Waals surface area (Å²) in [7, 11) is 3.25. The van der Waals surface area contributed by atoms with Crippen LogP contribution < -0.4 is 9.47 Å². The summed E-state index contributed by atoms with van der Waals surface area (Å²) >= 11 is 0. The van der Waals surface area contributed by atoms with Gasteiger partial charge in [-0.1, -0.05) is 0 Å². The largest absolute Gasteiger partial charge is 0.497 e. The van der Waals surface area contributed by atoms with E-state index in [4.69, 9.17) is 19.2 Å². The number of oxazole rings is 1. The maximum Gasteiger partial charge on any atom is 0.230 e. The van der Waals surface area contributed by atoms with Crippen molar-refractivity contribution in [3.63, 3.8) is 0 Å². The molecule has 132 valence electrons. The number of benzene rings is 1. The quantitative estimate of drug-likeness (QED) is 0.830. The fourth-order valence-electron chi connectivity index (χ4n) is 3.19. The second-order valence-corrected chi connectivity index (χ2v) is 6.29. The monoisotopic (exact) mass is 341 g/mol. The number of aryl methyl sites for hydroxylation is 1. The van der Waals surface area contributed by atoms with E-state index in [-0.39, 0.29) is 5.92 Å². The summed E-state index contributed by atoms with van der Waals surface area (Å²) in [6.07, 6.45) is 2.03. The third kappa shape index (κ3) is 3.77. The van der Waals surface area contributed by atoms with Crippen LogP contribution in [0.15, 0.2) is 22.6 Å². The predicted molar refractivity (Wildman–Crippen MR) is 93.4 cm³/mol. The van der Waals surface area contributed by atoms with Crippen molar-refractivity contribution in [2.24, 2.45) is 5.92 Å². The molecule has 25 heavy (non-hydrogen) atoms. The van der Waals surface area contributed by atoms with Crippen molar-refractivity contribution in [3.05, 3.63) is 29.7 Å². The van der Waals surface area contributed by atoms with Crippen LogP contribution in [0.3, 0.4) is 0 Å². The molecule has 1 aromatic carbocycles. The van der Waals surface area contributed by atoms with Gasteiger partial charge in [-0.15, -0.1) is 0 Å². The fraction of sp³-hybridized carbons (Fsp3) is 0.474. The first-order valence-corrected chi connectivity index (χ1v) is 8.45. The van der Waals surface area contributed by atoms with E-state index in [0.29, 0.717) is 18.2 Å². The van der Waals surface area contributed by atoms with Gasteiger partial charge in [0.1, 0.15) is 17.3 Å². The van der Waals surface area contributed by atoms with Gasteiger partial charge in [0.05, 0.1) is 37.5 Å². The maximum absolute atomic E-state index is 9.15. The molecule has 1 aromatic heterocycles. The lowest BCUT2D eigenvalue weighted by molar-refractivity contribution is 0.189. The zero-order valence-corrected chi connectivity index (χ0v) is 14.9. The van der Waals surface area contributed by atoms with Gasteiger partial charge < -0.3 is 13.9 Å². The minimum absolute atomic E-state index is 0.110. The number of aromatic nitrogens is 1. The standard InChI is InChI=1S/C19H23N3O3/c1-13-17(12-22-8-4-5-14(10-20)11-22)21-19(25-13)16-9-15(23-2)6-7-18(16)24-3/h6-7,9,14H,4-5,8,11-12H2,1-3H3/t14-/m1/s1. The van der Waals surface area contributed by atoms with Crippen molar-refractivity contribution in [1.82, 2.24) is 9.88 Å². The molecule has 6 nitrogen and oxygen atoms in total. The minimum Gasteiger partial charge on any atom is -0.497 e. The molecule has 1 saturated heterocycles. The number of hydrogen-bond acceptors (Lipinski definition) is 6. The number of ether oxygens (including phenoxy) is 2. The first-order valence-electron chi connectivity index (χ1n) is 8.45. The van der Waals surface area contributed by atoms with Gasteiger partial charge in [-0.2, -0.15) is 5.26 Å². The molecule has 0 saturated carbocycles. The summed E-state index contributed by atoms with van der Waals surface area (Å²) in [5.74, 6) is 2.84. The Labute approximate surface area is 148 Å².